The van der Waals surface area contributed by atoms with Crippen LogP contribution in [-0.4, -0.2) is 42.5 Å². The molecule has 4 heteroatoms. The summed E-state index contributed by atoms with van der Waals surface area (Å²) in [4.78, 5) is 13.9. The van der Waals surface area contributed by atoms with Crippen molar-refractivity contribution in [1.82, 2.24) is 10.2 Å². The predicted molar refractivity (Wildman–Crippen MR) is 64.0 cm³/mol. The van der Waals surface area contributed by atoms with Crippen molar-refractivity contribution in [3.8, 4) is 0 Å². The van der Waals surface area contributed by atoms with Gasteiger partial charge in [-0.1, -0.05) is 12.8 Å². The average Bonchev–Trinajstić information content (AvgIpc) is 2.83. The van der Waals surface area contributed by atoms with Crippen LogP contribution in [0.1, 0.15) is 38.5 Å². The van der Waals surface area contributed by atoms with E-state index in [2.05, 4.69) is 17.3 Å². The second-order valence-electron chi connectivity index (χ2n) is 5.33. The second-order valence-corrected chi connectivity index (χ2v) is 5.33. The van der Waals surface area contributed by atoms with Gasteiger partial charge in [0.25, 0.3) is 0 Å². The van der Waals surface area contributed by atoms with Crippen LogP contribution >= 0.6 is 0 Å². The highest BCUT2D eigenvalue weighted by atomic mass is 16.2. The molecule has 2 rings (SSSR count). The Labute approximate surface area is 97.6 Å². The maximum atomic E-state index is 11.6. The molecule has 0 radical (unpaired) electrons. The van der Waals surface area contributed by atoms with Gasteiger partial charge in [0.1, 0.15) is 0 Å². The summed E-state index contributed by atoms with van der Waals surface area (Å²) in [6.45, 7) is 1.66. The van der Waals surface area contributed by atoms with Crippen LogP contribution < -0.4 is 11.1 Å². The molecule has 0 aliphatic heterocycles. The Morgan fingerprint density at radius 2 is 2.06 bits per heavy atom. The van der Waals surface area contributed by atoms with E-state index in [0.717, 1.165) is 32.0 Å². The monoisotopic (exact) mass is 225 g/mol. The van der Waals surface area contributed by atoms with Crippen LogP contribution in [0.4, 0.5) is 0 Å². The SMILES string of the molecule is CN(CCNC(=O)C1(N)CC1)C1CCCC1. The van der Waals surface area contributed by atoms with Crippen molar-refractivity contribution in [2.75, 3.05) is 20.1 Å². The molecule has 2 aliphatic rings. The fraction of sp³-hybridized carbons (Fsp3) is 0.917. The molecule has 3 N–H and O–H groups in total. The Bertz CT molecular complexity index is 257. The van der Waals surface area contributed by atoms with Gasteiger partial charge >= 0.3 is 0 Å². The van der Waals surface area contributed by atoms with Crippen molar-refractivity contribution in [1.29, 1.82) is 0 Å². The number of nitrogens with one attached hydrogen (secondary N) is 1. The molecule has 0 saturated heterocycles. The highest BCUT2D eigenvalue weighted by molar-refractivity contribution is 5.88. The van der Waals surface area contributed by atoms with Gasteiger partial charge in [-0.2, -0.15) is 0 Å². The van der Waals surface area contributed by atoms with Gasteiger partial charge < -0.3 is 16.0 Å². The van der Waals surface area contributed by atoms with Gasteiger partial charge in [-0.15, -0.1) is 0 Å². The molecule has 0 atom stereocenters. The molecule has 0 spiro atoms. The Balaban J connectivity index is 1.61. The van der Waals surface area contributed by atoms with Crippen LogP contribution in [0.25, 0.3) is 0 Å². The van der Waals surface area contributed by atoms with Crippen LogP contribution in [-0.2, 0) is 4.79 Å². The number of nitrogens with two attached hydrogens (primary N) is 1. The van der Waals surface area contributed by atoms with E-state index in [4.69, 9.17) is 5.73 Å². The molecule has 0 heterocycles. The maximum Gasteiger partial charge on any atom is 0.240 e. The molecular weight excluding hydrogens is 202 g/mol. The second kappa shape index (κ2) is 4.72. The quantitative estimate of drug-likeness (QED) is 0.715. The molecule has 2 aliphatic carbocycles. The van der Waals surface area contributed by atoms with Gasteiger partial charge in [-0.05, 0) is 32.7 Å². The summed E-state index contributed by atoms with van der Waals surface area (Å²) in [5.41, 5.74) is 5.28. The summed E-state index contributed by atoms with van der Waals surface area (Å²) in [6.07, 6.45) is 7.02. The molecular formula is C12H23N3O. The minimum atomic E-state index is -0.522. The molecule has 2 saturated carbocycles. The van der Waals surface area contributed by atoms with E-state index < -0.39 is 5.54 Å². The standard InChI is InChI=1S/C12H23N3O/c1-15(10-4-2-3-5-10)9-8-14-11(16)12(13)6-7-12/h10H,2-9,13H2,1H3,(H,14,16). The molecule has 0 bridgehead atoms. The lowest BCUT2D eigenvalue weighted by Crippen LogP contribution is -2.45. The van der Waals surface area contributed by atoms with Gasteiger partial charge in [-0.25, -0.2) is 0 Å². The molecule has 16 heavy (non-hydrogen) atoms. The average molecular weight is 225 g/mol. The lowest BCUT2D eigenvalue weighted by Gasteiger charge is -2.24. The number of nitrogens with zero attached hydrogens (tertiary/aromatic N) is 1. The first-order chi connectivity index (χ1) is 7.62. The predicted octanol–water partition coefficient (Wildman–Crippen LogP) is 0.468. The van der Waals surface area contributed by atoms with E-state index >= 15 is 0 Å². The van der Waals surface area contributed by atoms with Crippen molar-refractivity contribution in [2.24, 2.45) is 5.73 Å². The van der Waals surface area contributed by atoms with E-state index in [1.54, 1.807) is 0 Å². The van der Waals surface area contributed by atoms with Crippen molar-refractivity contribution in [3.63, 3.8) is 0 Å². The molecule has 2 fully saturated rings. The largest absolute Gasteiger partial charge is 0.353 e. The topological polar surface area (TPSA) is 58.4 Å². The van der Waals surface area contributed by atoms with Crippen LogP contribution in [0.2, 0.25) is 0 Å². The lowest BCUT2D eigenvalue weighted by atomic mass is 10.2. The number of rotatable bonds is 5. The Morgan fingerprint density at radius 3 is 2.62 bits per heavy atom. The van der Waals surface area contributed by atoms with E-state index in [1.807, 2.05) is 0 Å². The zero-order chi connectivity index (χ0) is 11.6. The molecule has 92 valence electrons. The molecule has 0 unspecified atom stereocenters. The van der Waals surface area contributed by atoms with Gasteiger partial charge in [0.05, 0.1) is 5.54 Å². The fourth-order valence-corrected chi connectivity index (χ4v) is 2.41. The molecule has 4 nitrogen and oxygen atoms in total. The lowest BCUT2D eigenvalue weighted by molar-refractivity contribution is -0.123. The van der Waals surface area contributed by atoms with Gasteiger partial charge in [0, 0.05) is 19.1 Å². The smallest absolute Gasteiger partial charge is 0.240 e. The van der Waals surface area contributed by atoms with Crippen molar-refractivity contribution in [3.05, 3.63) is 0 Å². The third-order valence-electron chi connectivity index (χ3n) is 3.94. The van der Waals surface area contributed by atoms with Crippen molar-refractivity contribution in [2.45, 2.75) is 50.1 Å². The van der Waals surface area contributed by atoms with E-state index in [1.165, 1.54) is 25.7 Å². The minimum absolute atomic E-state index is 0.0346. The Morgan fingerprint density at radius 1 is 1.44 bits per heavy atom. The van der Waals surface area contributed by atoms with Gasteiger partial charge in [0.15, 0.2) is 0 Å². The van der Waals surface area contributed by atoms with Crippen LogP contribution in [0.5, 0.6) is 0 Å². The normalized spacial score (nSPS) is 23.7. The molecule has 0 aromatic carbocycles. The van der Waals surface area contributed by atoms with Crippen molar-refractivity contribution < 1.29 is 4.79 Å². The number of carbonyl (C=O) groups excluding carboxylic acids is 1. The summed E-state index contributed by atoms with van der Waals surface area (Å²) in [7, 11) is 2.15. The van der Waals surface area contributed by atoms with Gasteiger partial charge in [0.2, 0.25) is 5.91 Å². The summed E-state index contributed by atoms with van der Waals surface area (Å²) >= 11 is 0. The maximum absolute atomic E-state index is 11.6. The Kier molecular flexibility index (Phi) is 3.50. The number of carbonyl (C=O) groups is 1. The molecule has 1 amide bonds. The third-order valence-corrected chi connectivity index (χ3v) is 3.94. The van der Waals surface area contributed by atoms with E-state index in [0.29, 0.717) is 0 Å². The summed E-state index contributed by atoms with van der Waals surface area (Å²) in [5.74, 6) is 0.0346. The minimum Gasteiger partial charge on any atom is -0.353 e. The van der Waals surface area contributed by atoms with Crippen molar-refractivity contribution >= 4 is 5.91 Å². The summed E-state index contributed by atoms with van der Waals surface area (Å²) in [5, 5.41) is 2.93. The number of amides is 1. The number of hydrogen-bond donors (Lipinski definition) is 2. The van der Waals surface area contributed by atoms with E-state index in [9.17, 15) is 4.79 Å². The summed E-state index contributed by atoms with van der Waals surface area (Å²) < 4.78 is 0. The highest BCUT2D eigenvalue weighted by Crippen LogP contribution is 2.31. The zero-order valence-electron chi connectivity index (χ0n) is 10.2. The number of hydrogen-bond acceptors (Lipinski definition) is 3. The first-order valence-corrected chi connectivity index (χ1v) is 6.39. The number of likely N-dealkylation sites (N-methyl/N-ethyl adjacent to an activating group) is 1. The van der Waals surface area contributed by atoms with Crippen LogP contribution in [0.3, 0.4) is 0 Å². The van der Waals surface area contributed by atoms with Crippen LogP contribution in [0.15, 0.2) is 0 Å². The first-order valence-electron chi connectivity index (χ1n) is 6.39. The van der Waals surface area contributed by atoms with Gasteiger partial charge in [-0.3, -0.25) is 4.79 Å². The fourth-order valence-electron chi connectivity index (χ4n) is 2.41. The summed E-state index contributed by atoms with van der Waals surface area (Å²) in [6, 6.07) is 0.727. The molecule has 0 aromatic rings. The van der Waals surface area contributed by atoms with E-state index in [-0.39, 0.29) is 5.91 Å². The first kappa shape index (κ1) is 11.9. The van der Waals surface area contributed by atoms with Crippen LogP contribution in [0, 0.1) is 0 Å². The highest BCUT2D eigenvalue weighted by Gasteiger charge is 2.45. The Hall–Kier alpha value is -0.610. The third kappa shape index (κ3) is 2.74. The zero-order valence-corrected chi connectivity index (χ0v) is 10.2. The molecule has 0 aromatic heterocycles.